The lowest BCUT2D eigenvalue weighted by Gasteiger charge is -2.20. The van der Waals surface area contributed by atoms with Crippen LogP contribution in [0.4, 0.5) is 5.69 Å². The minimum Gasteiger partial charge on any atom is -0.325 e. The molecule has 1 saturated heterocycles. The van der Waals surface area contributed by atoms with Gasteiger partial charge in [0.25, 0.3) is 5.56 Å². The van der Waals surface area contributed by atoms with Crippen LogP contribution in [-0.4, -0.2) is 40.9 Å². The Morgan fingerprint density at radius 3 is 2.30 bits per heavy atom. The Bertz CT molecular complexity index is 1330. The molecule has 2 aliphatic rings. The highest BCUT2D eigenvalue weighted by molar-refractivity contribution is 7.89. The summed E-state index contributed by atoms with van der Waals surface area (Å²) >= 11 is 0. The van der Waals surface area contributed by atoms with Crippen molar-refractivity contribution in [1.82, 2.24) is 13.4 Å². The van der Waals surface area contributed by atoms with E-state index in [-0.39, 0.29) is 10.5 Å². The molecule has 0 saturated carbocycles. The first-order valence-electron chi connectivity index (χ1n) is 11.0. The summed E-state index contributed by atoms with van der Waals surface area (Å²) in [6.45, 7) is 0.852. The summed E-state index contributed by atoms with van der Waals surface area (Å²) in [7, 11) is -3.60. The van der Waals surface area contributed by atoms with Gasteiger partial charge in [0.05, 0.1) is 4.90 Å². The Morgan fingerprint density at radius 2 is 1.67 bits per heavy atom. The van der Waals surface area contributed by atoms with E-state index in [1.54, 1.807) is 0 Å². The molecule has 33 heavy (non-hydrogen) atoms. The number of sulfonamides is 1. The van der Waals surface area contributed by atoms with Crippen LogP contribution in [0, 0.1) is 11.3 Å². The van der Waals surface area contributed by atoms with Crippen LogP contribution in [0.3, 0.4) is 0 Å². The molecule has 11 heteroatoms. The first-order valence-corrected chi connectivity index (χ1v) is 12.4. The molecule has 1 fully saturated rings. The van der Waals surface area contributed by atoms with Crippen molar-refractivity contribution in [3.05, 3.63) is 56.4 Å². The predicted molar refractivity (Wildman–Crippen MR) is 120 cm³/mol. The number of nitriles is 1. The molecule has 4 rings (SSSR count). The molecule has 1 aromatic carbocycles. The average Bonchev–Trinajstić information content (AvgIpc) is 3.11. The standard InChI is InChI=1S/C22H25N5O5S/c23-14-18-19-6-5-13-26(19)22(30)27(21(18)29)15-20(28)24-16-7-9-17(10-8-16)33(31,32)25-11-3-1-2-4-12-25/h7-10H,1-6,11-13,15H2,(H,24,28). The third-order valence-electron chi connectivity index (χ3n) is 6.08. The number of carbonyl (C=O) groups is 1. The normalized spacial score (nSPS) is 16.6. The number of hydrogen-bond donors (Lipinski definition) is 1. The van der Waals surface area contributed by atoms with Gasteiger partial charge in [-0.05, 0) is 49.9 Å². The maximum Gasteiger partial charge on any atom is 0.331 e. The van der Waals surface area contributed by atoms with Gasteiger partial charge in [-0.15, -0.1) is 0 Å². The molecule has 0 atom stereocenters. The van der Waals surface area contributed by atoms with Gasteiger partial charge in [0.2, 0.25) is 15.9 Å². The fourth-order valence-electron chi connectivity index (χ4n) is 4.37. The highest BCUT2D eigenvalue weighted by Gasteiger charge is 2.26. The Hall–Kier alpha value is -3.23. The Morgan fingerprint density at radius 1 is 1.00 bits per heavy atom. The van der Waals surface area contributed by atoms with Crippen LogP contribution in [0.2, 0.25) is 0 Å². The molecule has 1 amide bonds. The van der Waals surface area contributed by atoms with Crippen molar-refractivity contribution in [2.24, 2.45) is 0 Å². The minimum absolute atomic E-state index is 0.108. The second-order valence-corrected chi connectivity index (χ2v) is 10.2. The van der Waals surface area contributed by atoms with E-state index in [1.165, 1.54) is 33.1 Å². The van der Waals surface area contributed by atoms with Gasteiger partial charge in [-0.2, -0.15) is 9.57 Å². The largest absolute Gasteiger partial charge is 0.331 e. The molecule has 174 valence electrons. The first-order chi connectivity index (χ1) is 15.8. The number of amides is 1. The van der Waals surface area contributed by atoms with Crippen molar-refractivity contribution in [2.75, 3.05) is 18.4 Å². The minimum atomic E-state index is -3.60. The van der Waals surface area contributed by atoms with E-state index in [9.17, 15) is 28.1 Å². The van der Waals surface area contributed by atoms with Gasteiger partial charge in [0.15, 0.2) is 0 Å². The molecule has 0 aliphatic carbocycles. The zero-order valence-corrected chi connectivity index (χ0v) is 18.9. The molecule has 0 radical (unpaired) electrons. The summed E-state index contributed by atoms with van der Waals surface area (Å²) in [6, 6.07) is 7.66. The van der Waals surface area contributed by atoms with Crippen LogP contribution in [0.5, 0.6) is 0 Å². The van der Waals surface area contributed by atoms with E-state index in [4.69, 9.17) is 0 Å². The van der Waals surface area contributed by atoms with Crippen molar-refractivity contribution in [3.63, 3.8) is 0 Å². The quantitative estimate of drug-likeness (QED) is 0.692. The number of nitrogens with one attached hydrogen (secondary N) is 1. The molecular weight excluding hydrogens is 446 g/mol. The average molecular weight is 472 g/mol. The van der Waals surface area contributed by atoms with Crippen molar-refractivity contribution in [3.8, 4) is 6.07 Å². The third-order valence-corrected chi connectivity index (χ3v) is 8.00. The highest BCUT2D eigenvalue weighted by Crippen LogP contribution is 2.22. The van der Waals surface area contributed by atoms with Crippen molar-refractivity contribution < 1.29 is 13.2 Å². The number of rotatable bonds is 5. The van der Waals surface area contributed by atoms with Crippen LogP contribution in [0.15, 0.2) is 38.8 Å². The summed E-state index contributed by atoms with van der Waals surface area (Å²) in [5.41, 5.74) is -0.733. The molecule has 1 N–H and O–H groups in total. The smallest absolute Gasteiger partial charge is 0.325 e. The monoisotopic (exact) mass is 471 g/mol. The van der Waals surface area contributed by atoms with Crippen LogP contribution in [-0.2, 0) is 34.3 Å². The van der Waals surface area contributed by atoms with E-state index in [0.717, 1.165) is 30.3 Å². The number of aromatic nitrogens is 2. The van der Waals surface area contributed by atoms with Gasteiger partial charge in [-0.3, -0.25) is 14.2 Å². The van der Waals surface area contributed by atoms with Gasteiger partial charge in [-0.1, -0.05) is 12.8 Å². The van der Waals surface area contributed by atoms with Gasteiger partial charge >= 0.3 is 5.69 Å². The predicted octanol–water partition coefficient (Wildman–Crippen LogP) is 1.03. The molecule has 2 aliphatic heterocycles. The molecule has 0 spiro atoms. The Balaban J connectivity index is 1.50. The van der Waals surface area contributed by atoms with Crippen molar-refractivity contribution in [1.29, 1.82) is 5.26 Å². The first kappa shape index (κ1) is 22.9. The van der Waals surface area contributed by atoms with Crippen molar-refractivity contribution in [2.45, 2.75) is 56.5 Å². The van der Waals surface area contributed by atoms with Crippen LogP contribution in [0.1, 0.15) is 43.4 Å². The van der Waals surface area contributed by atoms with E-state index in [1.807, 2.05) is 6.07 Å². The summed E-state index contributed by atoms with van der Waals surface area (Å²) < 4.78 is 29.4. The van der Waals surface area contributed by atoms with Crippen LogP contribution >= 0.6 is 0 Å². The Labute approximate surface area is 191 Å². The summed E-state index contributed by atoms with van der Waals surface area (Å²) in [5, 5.41) is 11.9. The van der Waals surface area contributed by atoms with E-state index >= 15 is 0 Å². The summed E-state index contributed by atoms with van der Waals surface area (Å²) in [5.74, 6) is -0.625. The fourth-order valence-corrected chi connectivity index (χ4v) is 5.89. The fraction of sp³-hybridized carbons (Fsp3) is 0.455. The lowest BCUT2D eigenvalue weighted by atomic mass is 10.2. The van der Waals surface area contributed by atoms with Crippen molar-refractivity contribution >= 4 is 21.6 Å². The second-order valence-electron chi connectivity index (χ2n) is 8.25. The topological polar surface area (TPSA) is 134 Å². The van der Waals surface area contributed by atoms with Gasteiger partial charge in [0.1, 0.15) is 18.2 Å². The number of fused-ring (bicyclic) bond motifs is 1. The van der Waals surface area contributed by atoms with E-state index in [0.29, 0.717) is 43.9 Å². The number of hydrogen-bond acceptors (Lipinski definition) is 6. The molecule has 2 aromatic rings. The molecule has 1 aromatic heterocycles. The lowest BCUT2D eigenvalue weighted by Crippen LogP contribution is -2.44. The van der Waals surface area contributed by atoms with Crippen LogP contribution in [0.25, 0.3) is 0 Å². The SMILES string of the molecule is N#Cc1c2n(c(=O)n(CC(=O)Nc3ccc(S(=O)(=O)N4CCCCCC4)cc3)c1=O)CCC2. The molecule has 0 bridgehead atoms. The molecule has 3 heterocycles. The van der Waals surface area contributed by atoms with Crippen LogP contribution < -0.4 is 16.6 Å². The van der Waals surface area contributed by atoms with Gasteiger partial charge in [-0.25, -0.2) is 17.8 Å². The van der Waals surface area contributed by atoms with Gasteiger partial charge < -0.3 is 5.32 Å². The number of carbonyl (C=O) groups excluding carboxylic acids is 1. The Kier molecular flexibility index (Phi) is 6.49. The summed E-state index contributed by atoms with van der Waals surface area (Å²) in [4.78, 5) is 37.9. The van der Waals surface area contributed by atoms with E-state index < -0.39 is 33.7 Å². The van der Waals surface area contributed by atoms with Gasteiger partial charge in [0, 0.05) is 31.0 Å². The highest BCUT2D eigenvalue weighted by atomic mass is 32.2. The molecule has 0 unspecified atom stereocenters. The number of anilines is 1. The summed E-state index contributed by atoms with van der Waals surface area (Å²) in [6.07, 6.45) is 4.85. The lowest BCUT2D eigenvalue weighted by molar-refractivity contribution is -0.116. The maximum absolute atomic E-state index is 12.9. The molecule has 10 nitrogen and oxygen atoms in total. The number of benzene rings is 1. The molecular formula is C22H25N5O5S. The maximum atomic E-state index is 12.9. The van der Waals surface area contributed by atoms with E-state index in [2.05, 4.69) is 5.32 Å². The zero-order chi connectivity index (χ0) is 23.6. The third kappa shape index (κ3) is 4.49. The zero-order valence-electron chi connectivity index (χ0n) is 18.1. The second kappa shape index (κ2) is 9.33. The number of nitrogens with zero attached hydrogens (tertiary/aromatic N) is 4.